The summed E-state index contributed by atoms with van der Waals surface area (Å²) in [6.45, 7) is 3.57. The van der Waals surface area contributed by atoms with Crippen molar-refractivity contribution in [2.75, 3.05) is 0 Å². The van der Waals surface area contributed by atoms with Gasteiger partial charge in [0.05, 0.1) is 6.20 Å². The smallest absolute Gasteiger partial charge is 0.358 e. The number of hydrogen-bond donors (Lipinski definition) is 2. The normalized spacial score (nSPS) is 10.9. The number of amides is 1. The highest BCUT2D eigenvalue weighted by Crippen LogP contribution is 2.21. The molecule has 21 heavy (non-hydrogen) atoms. The molecule has 0 aliphatic carbocycles. The second-order valence-electron chi connectivity index (χ2n) is 4.87. The van der Waals surface area contributed by atoms with Crippen LogP contribution < -0.4 is 5.32 Å². The SMILES string of the molecule is CC(C)NC(=O)Cn1nnc(C(=O)O)c1-c1cnn(C)c1. The standard InChI is InChI=1S/C12H16N6O3/c1-7(2)14-9(19)6-18-11(8-4-13-17(3)5-8)10(12(20)21)15-16-18/h4-5,7H,6H2,1-3H3,(H,14,19)(H,20,21). The maximum atomic E-state index is 11.8. The van der Waals surface area contributed by atoms with E-state index >= 15 is 0 Å². The molecule has 0 aromatic carbocycles. The number of nitrogens with one attached hydrogen (secondary N) is 1. The van der Waals surface area contributed by atoms with Gasteiger partial charge in [-0.25, -0.2) is 9.48 Å². The van der Waals surface area contributed by atoms with Crippen molar-refractivity contribution in [3.05, 3.63) is 18.1 Å². The Morgan fingerprint density at radius 2 is 2.14 bits per heavy atom. The van der Waals surface area contributed by atoms with Crippen molar-refractivity contribution in [3.8, 4) is 11.3 Å². The summed E-state index contributed by atoms with van der Waals surface area (Å²) < 4.78 is 2.80. The Labute approximate surface area is 120 Å². The van der Waals surface area contributed by atoms with E-state index in [9.17, 15) is 14.7 Å². The molecule has 1 amide bonds. The number of nitrogens with zero attached hydrogens (tertiary/aromatic N) is 5. The second kappa shape index (κ2) is 5.73. The first-order valence-corrected chi connectivity index (χ1v) is 6.33. The molecule has 112 valence electrons. The van der Waals surface area contributed by atoms with E-state index in [4.69, 9.17) is 0 Å². The number of carboxylic acids is 1. The minimum absolute atomic E-state index is 0.0122. The van der Waals surface area contributed by atoms with E-state index in [1.54, 1.807) is 13.2 Å². The Balaban J connectivity index is 2.38. The van der Waals surface area contributed by atoms with Gasteiger partial charge in [-0.15, -0.1) is 5.10 Å². The molecule has 0 saturated carbocycles. The summed E-state index contributed by atoms with van der Waals surface area (Å²) in [5.74, 6) is -1.47. The molecule has 0 aliphatic rings. The van der Waals surface area contributed by atoms with E-state index in [0.29, 0.717) is 5.56 Å². The van der Waals surface area contributed by atoms with Crippen LogP contribution in [-0.4, -0.2) is 47.8 Å². The predicted octanol–water partition coefficient (Wildman–Crippen LogP) is -0.0986. The van der Waals surface area contributed by atoms with Crippen LogP contribution in [0.2, 0.25) is 0 Å². The van der Waals surface area contributed by atoms with E-state index in [1.165, 1.54) is 15.6 Å². The highest BCUT2D eigenvalue weighted by Gasteiger charge is 2.22. The fraction of sp³-hybridized carbons (Fsp3) is 0.417. The third-order valence-corrected chi connectivity index (χ3v) is 2.66. The van der Waals surface area contributed by atoms with Gasteiger partial charge in [0.25, 0.3) is 0 Å². The number of aromatic nitrogens is 5. The van der Waals surface area contributed by atoms with E-state index in [-0.39, 0.29) is 29.9 Å². The van der Waals surface area contributed by atoms with Crippen LogP contribution in [0.15, 0.2) is 12.4 Å². The molecular formula is C12H16N6O3. The van der Waals surface area contributed by atoms with E-state index in [2.05, 4.69) is 20.7 Å². The number of aromatic carboxylic acids is 1. The predicted molar refractivity (Wildman–Crippen MR) is 72.5 cm³/mol. The number of carboxylic acid groups (broad SMARTS) is 1. The first-order valence-electron chi connectivity index (χ1n) is 6.33. The molecule has 2 aromatic rings. The van der Waals surface area contributed by atoms with E-state index in [0.717, 1.165) is 0 Å². The fourth-order valence-corrected chi connectivity index (χ4v) is 1.90. The molecule has 0 aliphatic heterocycles. The van der Waals surface area contributed by atoms with Crippen LogP contribution in [-0.2, 0) is 18.4 Å². The van der Waals surface area contributed by atoms with Crippen LogP contribution in [0.5, 0.6) is 0 Å². The molecule has 0 radical (unpaired) electrons. The lowest BCUT2D eigenvalue weighted by atomic mass is 10.2. The van der Waals surface area contributed by atoms with Crippen LogP contribution in [0.1, 0.15) is 24.3 Å². The molecule has 2 rings (SSSR count). The third kappa shape index (κ3) is 3.25. The Bertz CT molecular complexity index is 672. The zero-order valence-corrected chi connectivity index (χ0v) is 11.9. The quantitative estimate of drug-likeness (QED) is 0.795. The molecular weight excluding hydrogens is 276 g/mol. The summed E-state index contributed by atoms with van der Waals surface area (Å²) >= 11 is 0. The highest BCUT2D eigenvalue weighted by atomic mass is 16.4. The maximum Gasteiger partial charge on any atom is 0.358 e. The van der Waals surface area contributed by atoms with Gasteiger partial charge in [0, 0.05) is 24.8 Å². The molecule has 9 heteroatoms. The zero-order valence-electron chi connectivity index (χ0n) is 11.9. The average molecular weight is 292 g/mol. The maximum absolute atomic E-state index is 11.8. The minimum Gasteiger partial charge on any atom is -0.476 e. The number of rotatable bonds is 5. The largest absolute Gasteiger partial charge is 0.476 e. The molecule has 0 bridgehead atoms. The molecule has 2 heterocycles. The fourth-order valence-electron chi connectivity index (χ4n) is 1.90. The van der Waals surface area contributed by atoms with Gasteiger partial charge in [-0.3, -0.25) is 9.48 Å². The molecule has 0 fully saturated rings. The Kier molecular flexibility index (Phi) is 4.01. The lowest BCUT2D eigenvalue weighted by molar-refractivity contribution is -0.122. The Morgan fingerprint density at radius 3 is 2.67 bits per heavy atom. The summed E-state index contributed by atoms with van der Waals surface area (Å²) in [4.78, 5) is 23.1. The van der Waals surface area contributed by atoms with Crippen LogP contribution in [0, 0.1) is 0 Å². The summed E-state index contributed by atoms with van der Waals surface area (Å²) in [6, 6.07) is -0.0122. The molecule has 0 unspecified atom stereocenters. The molecule has 2 aromatic heterocycles. The number of carbonyl (C=O) groups excluding carboxylic acids is 1. The third-order valence-electron chi connectivity index (χ3n) is 2.66. The highest BCUT2D eigenvalue weighted by molar-refractivity contribution is 5.92. The number of aryl methyl sites for hydroxylation is 1. The second-order valence-corrected chi connectivity index (χ2v) is 4.87. The molecule has 9 nitrogen and oxygen atoms in total. The Hall–Kier alpha value is -2.71. The van der Waals surface area contributed by atoms with Crippen LogP contribution in [0.3, 0.4) is 0 Å². The molecule has 2 N–H and O–H groups in total. The van der Waals surface area contributed by atoms with Gasteiger partial charge in [-0.2, -0.15) is 5.10 Å². The number of hydrogen-bond acceptors (Lipinski definition) is 5. The first-order chi connectivity index (χ1) is 9.88. The van der Waals surface area contributed by atoms with Gasteiger partial charge in [-0.05, 0) is 13.8 Å². The zero-order chi connectivity index (χ0) is 15.6. The van der Waals surface area contributed by atoms with Crippen molar-refractivity contribution in [1.82, 2.24) is 30.1 Å². The van der Waals surface area contributed by atoms with E-state index < -0.39 is 5.97 Å². The van der Waals surface area contributed by atoms with Crippen molar-refractivity contribution in [1.29, 1.82) is 0 Å². The van der Waals surface area contributed by atoms with Crippen LogP contribution in [0.25, 0.3) is 11.3 Å². The summed E-state index contributed by atoms with van der Waals surface area (Å²) in [5.41, 5.74) is 0.590. The van der Waals surface area contributed by atoms with Gasteiger partial charge in [-0.1, -0.05) is 5.21 Å². The van der Waals surface area contributed by atoms with Gasteiger partial charge in [0.15, 0.2) is 5.69 Å². The van der Waals surface area contributed by atoms with Gasteiger partial charge >= 0.3 is 5.97 Å². The van der Waals surface area contributed by atoms with Crippen molar-refractivity contribution < 1.29 is 14.7 Å². The lowest BCUT2D eigenvalue weighted by Gasteiger charge is -2.09. The summed E-state index contributed by atoms with van der Waals surface area (Å²) in [6.07, 6.45) is 3.14. The van der Waals surface area contributed by atoms with Crippen molar-refractivity contribution >= 4 is 11.9 Å². The van der Waals surface area contributed by atoms with Crippen LogP contribution in [0.4, 0.5) is 0 Å². The minimum atomic E-state index is -1.20. The lowest BCUT2D eigenvalue weighted by Crippen LogP contribution is -2.33. The Morgan fingerprint density at radius 1 is 1.43 bits per heavy atom. The number of carbonyl (C=O) groups is 2. The first kappa shape index (κ1) is 14.7. The van der Waals surface area contributed by atoms with E-state index in [1.807, 2.05) is 13.8 Å². The van der Waals surface area contributed by atoms with Gasteiger partial charge < -0.3 is 10.4 Å². The van der Waals surface area contributed by atoms with Crippen molar-refractivity contribution in [2.45, 2.75) is 26.4 Å². The monoisotopic (exact) mass is 292 g/mol. The van der Waals surface area contributed by atoms with Crippen molar-refractivity contribution in [3.63, 3.8) is 0 Å². The summed E-state index contributed by atoms with van der Waals surface area (Å²) in [7, 11) is 1.71. The van der Waals surface area contributed by atoms with Crippen molar-refractivity contribution in [2.24, 2.45) is 7.05 Å². The average Bonchev–Trinajstić information content (AvgIpc) is 2.94. The van der Waals surface area contributed by atoms with Gasteiger partial charge in [0.1, 0.15) is 12.2 Å². The van der Waals surface area contributed by atoms with Crippen LogP contribution >= 0.6 is 0 Å². The topological polar surface area (TPSA) is 115 Å². The molecule has 0 spiro atoms. The summed E-state index contributed by atoms with van der Waals surface area (Å²) in [5, 5.41) is 23.3. The molecule has 0 atom stereocenters. The van der Waals surface area contributed by atoms with Gasteiger partial charge in [0.2, 0.25) is 5.91 Å². The molecule has 0 saturated heterocycles.